The molecule has 18 heavy (non-hydrogen) atoms. The number of rotatable bonds is 4. The fourth-order valence-corrected chi connectivity index (χ4v) is 2.87. The topological polar surface area (TPSA) is 17.8 Å². The monoisotopic (exact) mass is 248 g/mol. The first kappa shape index (κ1) is 13.6. The maximum Gasteiger partial charge on any atom is 0.0948 e. The second-order valence-electron chi connectivity index (χ2n) is 7.10. The van der Waals surface area contributed by atoms with Crippen LogP contribution >= 0.6 is 0 Å². The van der Waals surface area contributed by atoms with E-state index in [4.69, 9.17) is 0 Å². The van der Waals surface area contributed by atoms with E-state index in [2.05, 4.69) is 36.5 Å². The van der Waals surface area contributed by atoms with Gasteiger partial charge in [0.2, 0.25) is 0 Å². The summed E-state index contributed by atoms with van der Waals surface area (Å²) in [5, 5.41) is 0. The number of imidazole rings is 1. The van der Waals surface area contributed by atoms with Crippen LogP contribution < -0.4 is 0 Å². The lowest BCUT2D eigenvalue weighted by Crippen LogP contribution is -2.16. The maximum atomic E-state index is 4.35. The van der Waals surface area contributed by atoms with Gasteiger partial charge in [-0.15, -0.1) is 0 Å². The molecule has 2 rings (SSSR count). The molecule has 0 amide bonds. The highest BCUT2D eigenvalue weighted by Crippen LogP contribution is 2.26. The zero-order valence-corrected chi connectivity index (χ0v) is 12.3. The highest BCUT2D eigenvalue weighted by Gasteiger charge is 2.16. The molecule has 1 fully saturated rings. The van der Waals surface area contributed by atoms with Gasteiger partial charge in [0, 0.05) is 18.4 Å². The first-order chi connectivity index (χ1) is 8.54. The molecule has 0 unspecified atom stereocenters. The van der Waals surface area contributed by atoms with Crippen molar-refractivity contribution in [3.05, 3.63) is 18.2 Å². The van der Waals surface area contributed by atoms with E-state index in [1.807, 2.05) is 6.33 Å². The van der Waals surface area contributed by atoms with Crippen molar-refractivity contribution in [1.29, 1.82) is 0 Å². The van der Waals surface area contributed by atoms with Crippen LogP contribution in [-0.4, -0.2) is 9.55 Å². The molecule has 0 aromatic carbocycles. The first-order valence-electron chi connectivity index (χ1n) is 7.53. The number of hydrogen-bond acceptors (Lipinski definition) is 1. The fraction of sp³-hybridized carbons (Fsp3) is 0.812. The molecule has 2 nitrogen and oxygen atoms in total. The van der Waals surface area contributed by atoms with Crippen LogP contribution in [0.1, 0.15) is 65.0 Å². The molecule has 0 radical (unpaired) electrons. The molecule has 0 N–H and O–H groups in total. The minimum atomic E-state index is 0.417. The lowest BCUT2D eigenvalue weighted by Gasteiger charge is -2.23. The Balaban J connectivity index is 1.90. The lowest BCUT2D eigenvalue weighted by molar-refractivity contribution is 0.313. The number of nitrogens with zero attached hydrogens (tertiary/aromatic N) is 2. The number of aryl methyl sites for hydroxylation is 1. The number of hydrogen-bond donors (Lipinski definition) is 0. The Morgan fingerprint density at radius 2 is 1.94 bits per heavy atom. The van der Waals surface area contributed by atoms with E-state index in [0.29, 0.717) is 5.41 Å². The average Bonchev–Trinajstić information content (AvgIpc) is 2.74. The second-order valence-corrected chi connectivity index (χ2v) is 7.10. The molecule has 0 aliphatic heterocycles. The van der Waals surface area contributed by atoms with E-state index in [0.717, 1.165) is 12.3 Å². The predicted octanol–water partition coefficient (Wildman–Crippen LogP) is 4.44. The fourth-order valence-electron chi connectivity index (χ4n) is 2.87. The molecule has 0 bridgehead atoms. The van der Waals surface area contributed by atoms with Crippen molar-refractivity contribution in [3.8, 4) is 0 Å². The van der Waals surface area contributed by atoms with Crippen molar-refractivity contribution in [2.24, 2.45) is 11.3 Å². The van der Waals surface area contributed by atoms with Gasteiger partial charge >= 0.3 is 0 Å². The SMILES string of the molecule is CC(C)(C)CCc1cncn1CC1CCCCC1. The molecular formula is C16H28N2. The Hall–Kier alpha value is -0.790. The third-order valence-corrected chi connectivity index (χ3v) is 4.11. The molecule has 0 spiro atoms. The Morgan fingerprint density at radius 1 is 1.22 bits per heavy atom. The molecule has 2 heteroatoms. The summed E-state index contributed by atoms with van der Waals surface area (Å²) < 4.78 is 2.40. The van der Waals surface area contributed by atoms with Gasteiger partial charge in [-0.1, -0.05) is 40.0 Å². The Kier molecular flexibility index (Phi) is 4.47. The second kappa shape index (κ2) is 5.90. The van der Waals surface area contributed by atoms with E-state index in [-0.39, 0.29) is 0 Å². The van der Waals surface area contributed by atoms with Gasteiger partial charge in [-0.25, -0.2) is 4.98 Å². The van der Waals surface area contributed by atoms with Gasteiger partial charge in [0.1, 0.15) is 0 Å². The van der Waals surface area contributed by atoms with E-state index < -0.39 is 0 Å². The van der Waals surface area contributed by atoms with Crippen molar-refractivity contribution in [1.82, 2.24) is 9.55 Å². The van der Waals surface area contributed by atoms with Crippen LogP contribution in [0, 0.1) is 11.3 Å². The Bertz CT molecular complexity index is 353. The quantitative estimate of drug-likeness (QED) is 0.770. The molecule has 1 aromatic rings. The molecule has 1 heterocycles. The van der Waals surface area contributed by atoms with Crippen molar-refractivity contribution < 1.29 is 0 Å². The van der Waals surface area contributed by atoms with Gasteiger partial charge < -0.3 is 4.57 Å². The van der Waals surface area contributed by atoms with Crippen molar-refractivity contribution in [2.45, 2.75) is 72.3 Å². The van der Waals surface area contributed by atoms with Crippen LogP contribution in [0.3, 0.4) is 0 Å². The van der Waals surface area contributed by atoms with Crippen molar-refractivity contribution >= 4 is 0 Å². The van der Waals surface area contributed by atoms with Gasteiger partial charge in [0.15, 0.2) is 0 Å². The number of aromatic nitrogens is 2. The van der Waals surface area contributed by atoms with Gasteiger partial charge in [-0.05, 0) is 37.0 Å². The zero-order chi connectivity index (χ0) is 13.0. The summed E-state index contributed by atoms with van der Waals surface area (Å²) in [6.07, 6.45) is 13.6. The highest BCUT2D eigenvalue weighted by molar-refractivity contribution is 4.99. The Labute approximate surface area is 112 Å². The Morgan fingerprint density at radius 3 is 2.61 bits per heavy atom. The van der Waals surface area contributed by atoms with Crippen LogP contribution in [0.2, 0.25) is 0 Å². The minimum absolute atomic E-state index is 0.417. The van der Waals surface area contributed by atoms with Gasteiger partial charge in [0.25, 0.3) is 0 Å². The normalized spacial score (nSPS) is 18.2. The molecule has 102 valence electrons. The van der Waals surface area contributed by atoms with Crippen molar-refractivity contribution in [2.75, 3.05) is 0 Å². The van der Waals surface area contributed by atoms with Gasteiger partial charge in [-0.3, -0.25) is 0 Å². The summed E-state index contributed by atoms with van der Waals surface area (Å²) in [5.74, 6) is 0.890. The third-order valence-electron chi connectivity index (χ3n) is 4.11. The van der Waals surface area contributed by atoms with Crippen LogP contribution in [0.15, 0.2) is 12.5 Å². The molecule has 1 aliphatic carbocycles. The summed E-state index contributed by atoms with van der Waals surface area (Å²) in [6.45, 7) is 8.14. The summed E-state index contributed by atoms with van der Waals surface area (Å²) in [4.78, 5) is 4.35. The maximum absolute atomic E-state index is 4.35. The van der Waals surface area contributed by atoms with Gasteiger partial charge in [-0.2, -0.15) is 0 Å². The molecular weight excluding hydrogens is 220 g/mol. The summed E-state index contributed by atoms with van der Waals surface area (Å²) in [5.41, 5.74) is 1.84. The summed E-state index contributed by atoms with van der Waals surface area (Å²) >= 11 is 0. The molecule has 0 atom stereocenters. The molecule has 1 aromatic heterocycles. The van der Waals surface area contributed by atoms with Crippen LogP contribution in [-0.2, 0) is 13.0 Å². The van der Waals surface area contributed by atoms with E-state index in [9.17, 15) is 0 Å². The minimum Gasteiger partial charge on any atom is -0.334 e. The standard InChI is InChI=1S/C16H28N2/c1-16(2,3)10-9-15-11-17-13-18(15)12-14-7-5-4-6-8-14/h11,13-14H,4-10,12H2,1-3H3. The first-order valence-corrected chi connectivity index (χ1v) is 7.53. The van der Waals surface area contributed by atoms with Gasteiger partial charge in [0.05, 0.1) is 6.33 Å². The predicted molar refractivity (Wildman–Crippen MR) is 76.6 cm³/mol. The molecule has 1 aliphatic rings. The molecule has 0 saturated heterocycles. The van der Waals surface area contributed by atoms with Crippen molar-refractivity contribution in [3.63, 3.8) is 0 Å². The van der Waals surface area contributed by atoms with E-state index >= 15 is 0 Å². The smallest absolute Gasteiger partial charge is 0.0948 e. The van der Waals surface area contributed by atoms with Crippen LogP contribution in [0.5, 0.6) is 0 Å². The third kappa shape index (κ3) is 4.15. The van der Waals surface area contributed by atoms with Crippen LogP contribution in [0.25, 0.3) is 0 Å². The van der Waals surface area contributed by atoms with Crippen LogP contribution in [0.4, 0.5) is 0 Å². The average molecular weight is 248 g/mol. The summed E-state index contributed by atoms with van der Waals surface area (Å²) in [7, 11) is 0. The highest BCUT2D eigenvalue weighted by atomic mass is 15.0. The summed E-state index contributed by atoms with van der Waals surface area (Å²) in [6, 6.07) is 0. The molecule has 1 saturated carbocycles. The largest absolute Gasteiger partial charge is 0.334 e. The van der Waals surface area contributed by atoms with E-state index in [1.54, 1.807) is 0 Å². The lowest BCUT2D eigenvalue weighted by atomic mass is 9.88. The zero-order valence-electron chi connectivity index (χ0n) is 12.3. The van der Waals surface area contributed by atoms with E-state index in [1.165, 1.54) is 50.8 Å².